The van der Waals surface area contributed by atoms with Crippen LogP contribution in [0.3, 0.4) is 0 Å². The Morgan fingerprint density at radius 2 is 2.25 bits per heavy atom. The Hall–Kier alpha value is -1.19. The SMILES string of the molecule is N#Cc1cc(C(O)C(O)CCN)cnc1Cl. The summed E-state index contributed by atoms with van der Waals surface area (Å²) in [6.45, 7) is 0.268. The number of aliphatic hydroxyl groups is 2. The normalized spacial score (nSPS) is 14.2. The first-order valence-corrected chi connectivity index (χ1v) is 5.09. The van der Waals surface area contributed by atoms with Gasteiger partial charge in [-0.2, -0.15) is 5.26 Å². The molecule has 16 heavy (non-hydrogen) atoms. The van der Waals surface area contributed by atoms with Crippen LogP contribution in [-0.2, 0) is 0 Å². The first-order chi connectivity index (χ1) is 7.60. The Labute approximate surface area is 98.1 Å². The van der Waals surface area contributed by atoms with Crippen molar-refractivity contribution in [3.63, 3.8) is 0 Å². The number of rotatable bonds is 4. The molecule has 86 valence electrons. The molecule has 0 aliphatic carbocycles. The molecule has 0 aliphatic rings. The maximum absolute atomic E-state index is 9.73. The van der Waals surface area contributed by atoms with Crippen LogP contribution in [0.1, 0.15) is 23.7 Å². The lowest BCUT2D eigenvalue weighted by Gasteiger charge is -2.17. The van der Waals surface area contributed by atoms with Crippen LogP contribution in [0.15, 0.2) is 12.3 Å². The van der Waals surface area contributed by atoms with Crippen LogP contribution in [0.5, 0.6) is 0 Å². The summed E-state index contributed by atoms with van der Waals surface area (Å²) in [4.78, 5) is 3.75. The predicted octanol–water partition coefficient (Wildman–Crippen LogP) is 0.350. The highest BCUT2D eigenvalue weighted by atomic mass is 35.5. The van der Waals surface area contributed by atoms with Crippen molar-refractivity contribution in [3.05, 3.63) is 28.5 Å². The van der Waals surface area contributed by atoms with Crippen LogP contribution in [0, 0.1) is 11.3 Å². The molecule has 5 nitrogen and oxygen atoms in total. The van der Waals surface area contributed by atoms with Crippen LogP contribution < -0.4 is 5.73 Å². The summed E-state index contributed by atoms with van der Waals surface area (Å²) in [5.41, 5.74) is 5.78. The maximum atomic E-state index is 9.73. The third-order valence-corrected chi connectivity index (χ3v) is 2.45. The molecule has 0 radical (unpaired) electrons. The van der Waals surface area contributed by atoms with Crippen molar-refractivity contribution in [3.8, 4) is 6.07 Å². The van der Waals surface area contributed by atoms with Crippen molar-refractivity contribution in [1.29, 1.82) is 5.26 Å². The number of hydrogen-bond donors (Lipinski definition) is 3. The van der Waals surface area contributed by atoms with Crippen LogP contribution in [0.25, 0.3) is 0 Å². The van der Waals surface area contributed by atoms with Gasteiger partial charge in [0, 0.05) is 11.8 Å². The summed E-state index contributed by atoms with van der Waals surface area (Å²) in [7, 11) is 0. The second-order valence-corrected chi connectivity index (χ2v) is 3.67. The summed E-state index contributed by atoms with van der Waals surface area (Å²) in [6.07, 6.45) is -0.487. The number of nitriles is 1. The Balaban J connectivity index is 2.92. The van der Waals surface area contributed by atoms with Gasteiger partial charge in [0.15, 0.2) is 0 Å². The predicted molar refractivity (Wildman–Crippen MR) is 58.6 cm³/mol. The lowest BCUT2D eigenvalue weighted by atomic mass is 10.0. The fourth-order valence-corrected chi connectivity index (χ4v) is 1.40. The molecule has 0 aliphatic heterocycles. The third-order valence-electron chi connectivity index (χ3n) is 2.15. The zero-order valence-corrected chi connectivity index (χ0v) is 9.22. The minimum absolute atomic E-state index is 0.0757. The van der Waals surface area contributed by atoms with Crippen LogP contribution in [-0.4, -0.2) is 27.8 Å². The number of aliphatic hydroxyl groups excluding tert-OH is 2. The summed E-state index contributed by atoms with van der Waals surface area (Å²) in [5, 5.41) is 28.1. The molecule has 0 fully saturated rings. The van der Waals surface area contributed by atoms with Crippen LogP contribution >= 0.6 is 11.6 Å². The van der Waals surface area contributed by atoms with E-state index in [-0.39, 0.29) is 23.7 Å². The molecule has 1 aromatic rings. The fraction of sp³-hybridized carbons (Fsp3) is 0.400. The summed E-state index contributed by atoms with van der Waals surface area (Å²) < 4.78 is 0. The molecule has 0 saturated heterocycles. The average molecular weight is 242 g/mol. The molecule has 4 N–H and O–H groups in total. The van der Waals surface area contributed by atoms with Gasteiger partial charge >= 0.3 is 0 Å². The van der Waals surface area contributed by atoms with E-state index in [0.717, 1.165) is 0 Å². The van der Waals surface area contributed by atoms with Gasteiger partial charge in [-0.15, -0.1) is 0 Å². The molecule has 1 heterocycles. The average Bonchev–Trinajstić information content (AvgIpc) is 2.29. The number of halogens is 1. The van der Waals surface area contributed by atoms with E-state index >= 15 is 0 Å². The van der Waals surface area contributed by atoms with Crippen molar-refractivity contribution < 1.29 is 10.2 Å². The van der Waals surface area contributed by atoms with Gasteiger partial charge < -0.3 is 15.9 Å². The topological polar surface area (TPSA) is 103 Å². The van der Waals surface area contributed by atoms with E-state index in [2.05, 4.69) is 4.98 Å². The summed E-state index contributed by atoms with van der Waals surface area (Å²) in [6, 6.07) is 3.25. The molecule has 0 saturated carbocycles. The van der Waals surface area contributed by atoms with Gasteiger partial charge in [0.05, 0.1) is 11.7 Å². The van der Waals surface area contributed by atoms with E-state index in [9.17, 15) is 10.2 Å². The first kappa shape index (κ1) is 12.9. The fourth-order valence-electron chi connectivity index (χ4n) is 1.26. The second kappa shape index (κ2) is 5.77. The second-order valence-electron chi connectivity index (χ2n) is 3.31. The van der Waals surface area contributed by atoms with Crippen LogP contribution in [0.2, 0.25) is 5.15 Å². The monoisotopic (exact) mass is 241 g/mol. The molecule has 2 unspecified atom stereocenters. The Morgan fingerprint density at radius 3 is 2.81 bits per heavy atom. The van der Waals surface area contributed by atoms with Gasteiger partial charge in [-0.05, 0) is 19.0 Å². The van der Waals surface area contributed by atoms with Gasteiger partial charge in [0.1, 0.15) is 17.3 Å². The van der Waals surface area contributed by atoms with Crippen molar-refractivity contribution in [1.82, 2.24) is 4.98 Å². The van der Waals surface area contributed by atoms with E-state index in [1.807, 2.05) is 6.07 Å². The lowest BCUT2D eigenvalue weighted by Crippen LogP contribution is -2.22. The van der Waals surface area contributed by atoms with E-state index in [1.54, 1.807) is 0 Å². The number of aromatic nitrogens is 1. The molecule has 0 spiro atoms. The van der Waals surface area contributed by atoms with Crippen molar-refractivity contribution >= 4 is 11.6 Å². The minimum Gasteiger partial charge on any atom is -0.390 e. The highest BCUT2D eigenvalue weighted by Crippen LogP contribution is 2.21. The molecule has 6 heteroatoms. The standard InChI is InChI=1S/C10H12ClN3O2/c11-10-6(4-13)3-7(5-14-10)9(16)8(15)1-2-12/h3,5,8-9,15-16H,1-2,12H2. The zero-order chi connectivity index (χ0) is 12.1. The molecule has 0 aromatic carbocycles. The highest BCUT2D eigenvalue weighted by molar-refractivity contribution is 6.30. The largest absolute Gasteiger partial charge is 0.390 e. The van der Waals surface area contributed by atoms with E-state index < -0.39 is 12.2 Å². The molecule has 2 atom stereocenters. The van der Waals surface area contributed by atoms with Crippen molar-refractivity contribution in [2.24, 2.45) is 5.73 Å². The molecule has 1 aromatic heterocycles. The summed E-state index contributed by atoms with van der Waals surface area (Å²) in [5.74, 6) is 0. The molecule has 0 amide bonds. The Bertz CT molecular complexity index is 406. The number of nitrogens with two attached hydrogens (primary N) is 1. The van der Waals surface area contributed by atoms with Gasteiger partial charge in [-0.3, -0.25) is 0 Å². The molecule has 0 bridgehead atoms. The number of nitrogens with zero attached hydrogens (tertiary/aromatic N) is 2. The highest BCUT2D eigenvalue weighted by Gasteiger charge is 2.19. The van der Waals surface area contributed by atoms with E-state index in [4.69, 9.17) is 22.6 Å². The lowest BCUT2D eigenvalue weighted by molar-refractivity contribution is 0.0148. The van der Waals surface area contributed by atoms with Crippen LogP contribution in [0.4, 0.5) is 0 Å². The molecular weight excluding hydrogens is 230 g/mol. The first-order valence-electron chi connectivity index (χ1n) is 4.72. The molecule has 1 rings (SSSR count). The van der Waals surface area contributed by atoms with Crippen molar-refractivity contribution in [2.75, 3.05) is 6.54 Å². The molecular formula is C10H12ClN3O2. The van der Waals surface area contributed by atoms with Gasteiger partial charge in [-0.25, -0.2) is 4.98 Å². The third kappa shape index (κ3) is 2.90. The Morgan fingerprint density at radius 1 is 1.56 bits per heavy atom. The minimum atomic E-state index is -1.11. The Kier molecular flexibility index (Phi) is 4.65. The van der Waals surface area contributed by atoms with Gasteiger partial charge in [0.25, 0.3) is 0 Å². The smallest absolute Gasteiger partial charge is 0.146 e. The van der Waals surface area contributed by atoms with Gasteiger partial charge in [-0.1, -0.05) is 11.6 Å². The van der Waals surface area contributed by atoms with E-state index in [0.29, 0.717) is 5.56 Å². The zero-order valence-electron chi connectivity index (χ0n) is 8.47. The number of pyridine rings is 1. The summed E-state index contributed by atoms with van der Waals surface area (Å²) >= 11 is 5.64. The quantitative estimate of drug-likeness (QED) is 0.660. The van der Waals surface area contributed by atoms with E-state index in [1.165, 1.54) is 12.3 Å². The maximum Gasteiger partial charge on any atom is 0.146 e. The van der Waals surface area contributed by atoms with Gasteiger partial charge in [0.2, 0.25) is 0 Å². The van der Waals surface area contributed by atoms with Crippen molar-refractivity contribution in [2.45, 2.75) is 18.6 Å². The number of hydrogen-bond acceptors (Lipinski definition) is 5.